The van der Waals surface area contributed by atoms with Gasteiger partial charge in [0.1, 0.15) is 19.0 Å². The van der Waals surface area contributed by atoms with Crippen LogP contribution in [0.15, 0.2) is 48.5 Å². The summed E-state index contributed by atoms with van der Waals surface area (Å²) < 4.78 is 10.7. The summed E-state index contributed by atoms with van der Waals surface area (Å²) in [6.07, 6.45) is 0. The van der Waals surface area contributed by atoms with Crippen LogP contribution in [0.25, 0.3) is 0 Å². The summed E-state index contributed by atoms with van der Waals surface area (Å²) in [6, 6.07) is 14.2. The fourth-order valence-electron chi connectivity index (χ4n) is 1.69. The molecule has 2 aromatic carbocycles. The number of ketones is 1. The van der Waals surface area contributed by atoms with Crippen LogP contribution in [-0.2, 0) is 4.74 Å². The van der Waals surface area contributed by atoms with Crippen molar-refractivity contribution in [3.05, 3.63) is 64.1 Å². The summed E-state index contributed by atoms with van der Waals surface area (Å²) in [5.74, 6) is 0.563. The number of hydrogen-bond donors (Lipinski definition) is 0. The first kappa shape index (κ1) is 15.8. The number of hydrogen-bond acceptors (Lipinski definition) is 3. The van der Waals surface area contributed by atoms with Gasteiger partial charge in [0, 0.05) is 10.6 Å². The van der Waals surface area contributed by atoms with Crippen LogP contribution < -0.4 is 4.74 Å². The highest BCUT2D eigenvalue weighted by Gasteiger charge is 2.11. The number of halogens is 2. The summed E-state index contributed by atoms with van der Waals surface area (Å²) in [6.45, 7) is 0.637. The molecule has 21 heavy (non-hydrogen) atoms. The van der Waals surface area contributed by atoms with E-state index in [9.17, 15) is 4.79 Å². The monoisotopic (exact) mass is 324 g/mol. The maximum Gasteiger partial charge on any atom is 0.190 e. The van der Waals surface area contributed by atoms with Gasteiger partial charge >= 0.3 is 0 Å². The second kappa shape index (κ2) is 8.03. The molecule has 3 nitrogen and oxygen atoms in total. The van der Waals surface area contributed by atoms with Crippen molar-refractivity contribution >= 4 is 29.0 Å². The molecule has 0 aliphatic carbocycles. The van der Waals surface area contributed by atoms with Crippen LogP contribution in [0.2, 0.25) is 10.0 Å². The summed E-state index contributed by atoms with van der Waals surface area (Å²) >= 11 is 11.8. The quantitative estimate of drug-likeness (QED) is 0.563. The molecule has 0 saturated heterocycles. The standard InChI is InChI=1S/C16H14Cl2O3/c17-12-6-7-15(18)14(10-12)16(19)11-20-8-9-21-13-4-2-1-3-5-13/h1-7,10H,8-9,11H2. The molecule has 110 valence electrons. The Labute approximate surface area is 133 Å². The van der Waals surface area contributed by atoms with Gasteiger partial charge in [0.2, 0.25) is 0 Å². The number of Topliss-reactive ketones (excluding diaryl/α,β-unsaturated/α-hetero) is 1. The molecule has 0 unspecified atom stereocenters. The molecule has 2 aromatic rings. The molecule has 0 heterocycles. The van der Waals surface area contributed by atoms with Crippen molar-refractivity contribution in [2.75, 3.05) is 19.8 Å². The third kappa shape index (κ3) is 5.05. The van der Waals surface area contributed by atoms with Gasteiger partial charge in [-0.15, -0.1) is 0 Å². The molecular weight excluding hydrogens is 311 g/mol. The molecule has 0 spiro atoms. The second-order valence-corrected chi connectivity index (χ2v) is 5.11. The fourth-order valence-corrected chi connectivity index (χ4v) is 2.08. The highest BCUT2D eigenvalue weighted by molar-refractivity contribution is 6.35. The van der Waals surface area contributed by atoms with Crippen molar-refractivity contribution < 1.29 is 14.3 Å². The van der Waals surface area contributed by atoms with Gasteiger partial charge in [0.05, 0.1) is 11.6 Å². The van der Waals surface area contributed by atoms with Gasteiger partial charge in [-0.25, -0.2) is 0 Å². The molecule has 0 fully saturated rings. The molecule has 0 aliphatic heterocycles. The van der Waals surface area contributed by atoms with Crippen molar-refractivity contribution in [3.8, 4) is 5.75 Å². The SMILES string of the molecule is O=C(COCCOc1ccccc1)c1cc(Cl)ccc1Cl. The number of carbonyl (C=O) groups is 1. The smallest absolute Gasteiger partial charge is 0.190 e. The van der Waals surface area contributed by atoms with Crippen LogP contribution in [0.1, 0.15) is 10.4 Å². The first-order valence-corrected chi connectivity index (χ1v) is 7.16. The Morgan fingerprint density at radius 1 is 1.00 bits per heavy atom. The van der Waals surface area contributed by atoms with E-state index in [1.54, 1.807) is 12.1 Å². The number of ether oxygens (including phenoxy) is 2. The van der Waals surface area contributed by atoms with E-state index in [0.29, 0.717) is 28.8 Å². The van der Waals surface area contributed by atoms with E-state index in [0.717, 1.165) is 5.75 Å². The lowest BCUT2D eigenvalue weighted by Gasteiger charge is -2.07. The topological polar surface area (TPSA) is 35.5 Å². The van der Waals surface area contributed by atoms with Crippen molar-refractivity contribution in [1.82, 2.24) is 0 Å². The molecule has 0 atom stereocenters. The fraction of sp³-hybridized carbons (Fsp3) is 0.188. The third-order valence-corrected chi connectivity index (χ3v) is 3.27. The van der Waals surface area contributed by atoms with Crippen LogP contribution in [0.5, 0.6) is 5.75 Å². The average molecular weight is 325 g/mol. The van der Waals surface area contributed by atoms with Gasteiger partial charge in [-0.2, -0.15) is 0 Å². The van der Waals surface area contributed by atoms with Gasteiger partial charge in [0.25, 0.3) is 0 Å². The Bertz CT molecular complexity index is 600. The first-order chi connectivity index (χ1) is 10.2. The van der Waals surface area contributed by atoms with Crippen LogP contribution >= 0.6 is 23.2 Å². The zero-order chi connectivity index (χ0) is 15.1. The van der Waals surface area contributed by atoms with Crippen molar-refractivity contribution in [2.45, 2.75) is 0 Å². The maximum atomic E-state index is 11.9. The first-order valence-electron chi connectivity index (χ1n) is 6.40. The van der Waals surface area contributed by atoms with E-state index in [1.807, 2.05) is 30.3 Å². The van der Waals surface area contributed by atoms with E-state index >= 15 is 0 Å². The lowest BCUT2D eigenvalue weighted by Crippen LogP contribution is -2.14. The van der Waals surface area contributed by atoms with Gasteiger partial charge < -0.3 is 9.47 Å². The second-order valence-electron chi connectivity index (χ2n) is 4.26. The van der Waals surface area contributed by atoms with E-state index in [1.165, 1.54) is 6.07 Å². The van der Waals surface area contributed by atoms with Crippen molar-refractivity contribution in [2.24, 2.45) is 0 Å². The van der Waals surface area contributed by atoms with Crippen LogP contribution in [0.3, 0.4) is 0 Å². The highest BCUT2D eigenvalue weighted by Crippen LogP contribution is 2.21. The molecule has 0 amide bonds. The Kier molecular flexibility index (Phi) is 6.05. The maximum absolute atomic E-state index is 11.9. The van der Waals surface area contributed by atoms with E-state index in [2.05, 4.69) is 0 Å². The Hall–Kier alpha value is -1.55. The van der Waals surface area contributed by atoms with Crippen LogP contribution in [-0.4, -0.2) is 25.6 Å². The molecule has 0 saturated carbocycles. The number of rotatable bonds is 7. The minimum Gasteiger partial charge on any atom is -0.491 e. The minimum atomic E-state index is -0.206. The van der Waals surface area contributed by atoms with E-state index in [-0.39, 0.29) is 12.4 Å². The summed E-state index contributed by atoms with van der Waals surface area (Å²) in [5.41, 5.74) is 0.369. The summed E-state index contributed by atoms with van der Waals surface area (Å²) in [7, 11) is 0. The van der Waals surface area contributed by atoms with Gasteiger partial charge in [-0.3, -0.25) is 4.79 Å². The predicted molar refractivity (Wildman–Crippen MR) is 83.5 cm³/mol. The number of benzene rings is 2. The molecule has 0 aliphatic rings. The molecule has 5 heteroatoms. The molecule has 0 aromatic heterocycles. The van der Waals surface area contributed by atoms with Gasteiger partial charge in [-0.1, -0.05) is 41.4 Å². The highest BCUT2D eigenvalue weighted by atomic mass is 35.5. The van der Waals surface area contributed by atoms with E-state index < -0.39 is 0 Å². The van der Waals surface area contributed by atoms with Crippen LogP contribution in [0.4, 0.5) is 0 Å². The third-order valence-electron chi connectivity index (χ3n) is 2.70. The van der Waals surface area contributed by atoms with Crippen molar-refractivity contribution in [3.63, 3.8) is 0 Å². The zero-order valence-corrected chi connectivity index (χ0v) is 12.7. The molecule has 2 rings (SSSR count). The van der Waals surface area contributed by atoms with Gasteiger partial charge in [-0.05, 0) is 30.3 Å². The molecular formula is C16H14Cl2O3. The average Bonchev–Trinajstić information content (AvgIpc) is 2.50. The Morgan fingerprint density at radius 2 is 1.76 bits per heavy atom. The number of carbonyl (C=O) groups excluding carboxylic acids is 1. The minimum absolute atomic E-state index is 0.0573. The Morgan fingerprint density at radius 3 is 2.52 bits per heavy atom. The predicted octanol–water partition coefficient (Wildman–Crippen LogP) is 4.27. The number of para-hydroxylation sites is 1. The normalized spacial score (nSPS) is 10.4. The molecule has 0 N–H and O–H groups in total. The van der Waals surface area contributed by atoms with Crippen LogP contribution in [0, 0.1) is 0 Å². The summed E-state index contributed by atoms with van der Waals surface area (Å²) in [4.78, 5) is 11.9. The molecule has 0 radical (unpaired) electrons. The van der Waals surface area contributed by atoms with Gasteiger partial charge in [0.15, 0.2) is 5.78 Å². The summed E-state index contributed by atoms with van der Waals surface area (Å²) in [5, 5.41) is 0.837. The van der Waals surface area contributed by atoms with Crippen molar-refractivity contribution in [1.29, 1.82) is 0 Å². The largest absolute Gasteiger partial charge is 0.491 e. The lowest BCUT2D eigenvalue weighted by molar-refractivity contribution is 0.0688. The Balaban J connectivity index is 1.73. The molecule has 0 bridgehead atoms. The lowest BCUT2D eigenvalue weighted by atomic mass is 10.1. The zero-order valence-electron chi connectivity index (χ0n) is 11.2. The van der Waals surface area contributed by atoms with E-state index in [4.69, 9.17) is 32.7 Å².